The molecule has 0 aliphatic rings. The smallest absolute Gasteiger partial charge is 0.0317 e. The third-order valence-electron chi connectivity index (χ3n) is 2.76. The summed E-state index contributed by atoms with van der Waals surface area (Å²) in [5.74, 6) is 1.09. The summed E-state index contributed by atoms with van der Waals surface area (Å²) in [6.45, 7) is 12.8. The molecular weight excluding hydrogens is 158 g/mol. The fraction of sp³-hybridized carbons (Fsp3) is 0.750. The standard InChI is InChI=1S/C12H23N/c1-7-9(4)10(5)12(8(2)3)11(6)13/h8-9,13H,7H2,1-6H3/b12-10-,13-11?. The Hall–Kier alpha value is -0.590. The summed E-state index contributed by atoms with van der Waals surface area (Å²) in [5, 5.41) is 7.72. The molecule has 1 heteroatoms. The molecule has 0 aliphatic carbocycles. The van der Waals surface area contributed by atoms with Crippen molar-refractivity contribution in [3.8, 4) is 0 Å². The maximum atomic E-state index is 7.72. The first-order valence-electron chi connectivity index (χ1n) is 5.17. The Morgan fingerprint density at radius 1 is 1.15 bits per heavy atom. The molecule has 0 aromatic rings. The van der Waals surface area contributed by atoms with Crippen LogP contribution in [0, 0.1) is 17.2 Å². The molecule has 1 nitrogen and oxygen atoms in total. The second kappa shape index (κ2) is 5.21. The summed E-state index contributed by atoms with van der Waals surface area (Å²) >= 11 is 0. The molecule has 0 rings (SSSR count). The summed E-state index contributed by atoms with van der Waals surface area (Å²) in [6.07, 6.45) is 1.16. The molecular formula is C12H23N. The Bertz CT molecular complexity index is 211. The molecule has 1 N–H and O–H groups in total. The molecule has 0 saturated carbocycles. The van der Waals surface area contributed by atoms with E-state index in [-0.39, 0.29) is 0 Å². The third-order valence-corrected chi connectivity index (χ3v) is 2.76. The highest BCUT2D eigenvalue weighted by Crippen LogP contribution is 2.23. The predicted octanol–water partition coefficient (Wildman–Crippen LogP) is 4.04. The molecule has 0 bridgehead atoms. The molecule has 76 valence electrons. The average molecular weight is 181 g/mol. The fourth-order valence-corrected chi connectivity index (χ4v) is 1.76. The van der Waals surface area contributed by atoms with Crippen molar-refractivity contribution in [1.82, 2.24) is 0 Å². The van der Waals surface area contributed by atoms with E-state index < -0.39 is 0 Å². The van der Waals surface area contributed by atoms with Gasteiger partial charge in [0.2, 0.25) is 0 Å². The SMILES string of the molecule is CCC(C)/C(C)=C(\C(C)=N)C(C)C. The lowest BCUT2D eigenvalue weighted by molar-refractivity contribution is 0.634. The van der Waals surface area contributed by atoms with Crippen molar-refractivity contribution < 1.29 is 0 Å². The highest BCUT2D eigenvalue weighted by molar-refractivity contribution is 5.96. The average Bonchev–Trinajstić information content (AvgIpc) is 2.01. The van der Waals surface area contributed by atoms with Gasteiger partial charge in [-0.2, -0.15) is 0 Å². The number of hydrogen-bond acceptors (Lipinski definition) is 1. The fourth-order valence-electron chi connectivity index (χ4n) is 1.76. The molecule has 0 spiro atoms. The van der Waals surface area contributed by atoms with Crippen molar-refractivity contribution in [3.63, 3.8) is 0 Å². The van der Waals surface area contributed by atoms with E-state index >= 15 is 0 Å². The van der Waals surface area contributed by atoms with Crippen molar-refractivity contribution in [2.45, 2.75) is 48.0 Å². The van der Waals surface area contributed by atoms with Crippen LogP contribution in [0.25, 0.3) is 0 Å². The third kappa shape index (κ3) is 3.33. The topological polar surface area (TPSA) is 23.9 Å². The van der Waals surface area contributed by atoms with Gasteiger partial charge in [0.05, 0.1) is 0 Å². The molecule has 13 heavy (non-hydrogen) atoms. The van der Waals surface area contributed by atoms with Crippen LogP contribution in [0.1, 0.15) is 48.0 Å². The second-order valence-electron chi connectivity index (χ2n) is 4.19. The zero-order valence-electron chi connectivity index (χ0n) is 9.86. The van der Waals surface area contributed by atoms with Gasteiger partial charge in [-0.3, -0.25) is 0 Å². The maximum Gasteiger partial charge on any atom is 0.0317 e. The number of rotatable bonds is 4. The summed E-state index contributed by atoms with van der Waals surface area (Å²) < 4.78 is 0. The number of nitrogens with one attached hydrogen (secondary N) is 1. The Kier molecular flexibility index (Phi) is 4.97. The van der Waals surface area contributed by atoms with Crippen LogP contribution in [0.3, 0.4) is 0 Å². The van der Waals surface area contributed by atoms with E-state index in [9.17, 15) is 0 Å². The zero-order chi connectivity index (χ0) is 10.6. The number of allylic oxidation sites excluding steroid dienone is 2. The summed E-state index contributed by atoms with van der Waals surface area (Å²) in [5.41, 5.74) is 3.37. The molecule has 0 heterocycles. The Morgan fingerprint density at radius 2 is 1.62 bits per heavy atom. The minimum atomic E-state index is 0.478. The van der Waals surface area contributed by atoms with E-state index in [4.69, 9.17) is 5.41 Å². The first kappa shape index (κ1) is 12.4. The van der Waals surface area contributed by atoms with Crippen LogP contribution in [0.5, 0.6) is 0 Å². The van der Waals surface area contributed by atoms with Gasteiger partial charge >= 0.3 is 0 Å². The van der Waals surface area contributed by atoms with Crippen molar-refractivity contribution >= 4 is 5.71 Å². The predicted molar refractivity (Wildman–Crippen MR) is 60.4 cm³/mol. The Labute approximate surface area is 82.7 Å². The summed E-state index contributed by atoms with van der Waals surface area (Å²) in [7, 11) is 0. The van der Waals surface area contributed by atoms with E-state index in [0.29, 0.717) is 11.8 Å². The van der Waals surface area contributed by atoms with Gasteiger partial charge in [0, 0.05) is 5.71 Å². The van der Waals surface area contributed by atoms with Gasteiger partial charge in [0.1, 0.15) is 0 Å². The number of hydrogen-bond donors (Lipinski definition) is 1. The Balaban J connectivity index is 4.97. The van der Waals surface area contributed by atoms with Crippen LogP contribution in [0.2, 0.25) is 0 Å². The quantitative estimate of drug-likeness (QED) is 0.633. The Morgan fingerprint density at radius 3 is 1.85 bits per heavy atom. The van der Waals surface area contributed by atoms with Crippen molar-refractivity contribution in [1.29, 1.82) is 5.41 Å². The highest BCUT2D eigenvalue weighted by atomic mass is 14.4. The lowest BCUT2D eigenvalue weighted by Gasteiger charge is -2.19. The van der Waals surface area contributed by atoms with Gasteiger partial charge in [-0.1, -0.05) is 33.3 Å². The summed E-state index contributed by atoms with van der Waals surface area (Å²) in [4.78, 5) is 0. The second-order valence-corrected chi connectivity index (χ2v) is 4.19. The van der Waals surface area contributed by atoms with E-state index in [1.54, 1.807) is 0 Å². The van der Waals surface area contributed by atoms with Gasteiger partial charge in [-0.25, -0.2) is 0 Å². The van der Waals surface area contributed by atoms with Gasteiger partial charge < -0.3 is 5.41 Å². The van der Waals surface area contributed by atoms with E-state index in [1.165, 1.54) is 11.1 Å². The van der Waals surface area contributed by atoms with Crippen molar-refractivity contribution in [3.05, 3.63) is 11.1 Å². The van der Waals surface area contributed by atoms with Gasteiger partial charge in [-0.05, 0) is 37.7 Å². The van der Waals surface area contributed by atoms with Crippen LogP contribution in [0.15, 0.2) is 11.1 Å². The van der Waals surface area contributed by atoms with Crippen LogP contribution in [-0.2, 0) is 0 Å². The molecule has 0 radical (unpaired) electrons. The van der Waals surface area contributed by atoms with E-state index in [1.807, 2.05) is 6.92 Å². The maximum absolute atomic E-state index is 7.72. The minimum absolute atomic E-state index is 0.478. The van der Waals surface area contributed by atoms with Gasteiger partial charge in [0.15, 0.2) is 0 Å². The van der Waals surface area contributed by atoms with Gasteiger partial charge in [-0.15, -0.1) is 0 Å². The summed E-state index contributed by atoms with van der Waals surface area (Å²) in [6, 6.07) is 0. The molecule has 0 aliphatic heterocycles. The van der Waals surface area contributed by atoms with E-state index in [0.717, 1.165) is 12.1 Å². The van der Waals surface area contributed by atoms with Crippen molar-refractivity contribution in [2.75, 3.05) is 0 Å². The molecule has 0 aromatic heterocycles. The molecule has 0 aromatic carbocycles. The molecule has 0 amide bonds. The monoisotopic (exact) mass is 181 g/mol. The van der Waals surface area contributed by atoms with E-state index in [2.05, 4.69) is 34.6 Å². The van der Waals surface area contributed by atoms with Crippen LogP contribution < -0.4 is 0 Å². The van der Waals surface area contributed by atoms with Gasteiger partial charge in [0.25, 0.3) is 0 Å². The molecule has 0 fully saturated rings. The lowest BCUT2D eigenvalue weighted by atomic mass is 9.87. The minimum Gasteiger partial charge on any atom is -0.305 e. The highest BCUT2D eigenvalue weighted by Gasteiger charge is 2.13. The first-order valence-corrected chi connectivity index (χ1v) is 5.17. The van der Waals surface area contributed by atoms with Crippen LogP contribution >= 0.6 is 0 Å². The van der Waals surface area contributed by atoms with Crippen LogP contribution in [-0.4, -0.2) is 5.71 Å². The lowest BCUT2D eigenvalue weighted by Crippen LogP contribution is -2.10. The normalized spacial score (nSPS) is 15.6. The first-order chi connectivity index (χ1) is 5.91. The van der Waals surface area contributed by atoms with Crippen molar-refractivity contribution in [2.24, 2.45) is 11.8 Å². The molecule has 1 atom stereocenters. The largest absolute Gasteiger partial charge is 0.305 e. The molecule has 1 unspecified atom stereocenters. The zero-order valence-corrected chi connectivity index (χ0v) is 9.86. The van der Waals surface area contributed by atoms with Crippen LogP contribution in [0.4, 0.5) is 0 Å². The molecule has 0 saturated heterocycles.